The molecule has 1 atom stereocenters. The highest BCUT2D eigenvalue weighted by Gasteiger charge is 2.13. The second kappa shape index (κ2) is 5.25. The molecule has 16 heavy (non-hydrogen) atoms. The fraction of sp³-hybridized carbons (Fsp3) is 0.364. The van der Waals surface area contributed by atoms with E-state index < -0.39 is 6.04 Å². The van der Waals surface area contributed by atoms with Crippen molar-refractivity contribution in [1.82, 2.24) is 10.3 Å². The van der Waals surface area contributed by atoms with Crippen molar-refractivity contribution in [3.63, 3.8) is 0 Å². The molecule has 2 amide bonds. The summed E-state index contributed by atoms with van der Waals surface area (Å²) in [6.07, 6.45) is 1.67. The van der Waals surface area contributed by atoms with Crippen molar-refractivity contribution >= 4 is 17.6 Å². The smallest absolute Gasteiger partial charge is 0.247 e. The topological polar surface area (TPSA) is 71.1 Å². The maximum absolute atomic E-state index is 11.6. The van der Waals surface area contributed by atoms with Crippen LogP contribution in [-0.2, 0) is 9.59 Å². The maximum atomic E-state index is 11.6. The number of aromatic nitrogens is 1. The molecule has 1 aromatic rings. The predicted octanol–water partition coefficient (Wildman–Crippen LogP) is 0.853. The van der Waals surface area contributed by atoms with Crippen LogP contribution in [0.3, 0.4) is 0 Å². The minimum atomic E-state index is -0.569. The van der Waals surface area contributed by atoms with Crippen molar-refractivity contribution in [3.8, 4) is 0 Å². The number of pyridine rings is 1. The molecule has 0 aliphatic rings. The van der Waals surface area contributed by atoms with Gasteiger partial charge in [0.05, 0.1) is 0 Å². The number of aryl methyl sites for hydroxylation is 1. The minimum Gasteiger partial charge on any atom is -0.345 e. The van der Waals surface area contributed by atoms with Crippen molar-refractivity contribution in [1.29, 1.82) is 0 Å². The van der Waals surface area contributed by atoms with Crippen molar-refractivity contribution in [2.75, 3.05) is 5.32 Å². The molecule has 0 aliphatic carbocycles. The number of hydrogen-bond donors (Lipinski definition) is 2. The van der Waals surface area contributed by atoms with Crippen LogP contribution >= 0.6 is 0 Å². The zero-order chi connectivity index (χ0) is 12.1. The van der Waals surface area contributed by atoms with E-state index in [-0.39, 0.29) is 11.8 Å². The van der Waals surface area contributed by atoms with Crippen LogP contribution in [0, 0.1) is 6.92 Å². The summed E-state index contributed by atoms with van der Waals surface area (Å²) in [5.41, 5.74) is 1.02. The van der Waals surface area contributed by atoms with E-state index in [1.54, 1.807) is 19.2 Å². The maximum Gasteiger partial charge on any atom is 0.247 e. The fourth-order valence-corrected chi connectivity index (χ4v) is 1.15. The summed E-state index contributed by atoms with van der Waals surface area (Å²) in [5.74, 6) is -0.0427. The minimum absolute atomic E-state index is 0.237. The Kier molecular flexibility index (Phi) is 3.99. The molecule has 0 fully saturated rings. The van der Waals surface area contributed by atoms with E-state index in [4.69, 9.17) is 0 Å². The number of amides is 2. The van der Waals surface area contributed by atoms with Gasteiger partial charge in [-0.1, -0.05) is 6.07 Å². The van der Waals surface area contributed by atoms with Crippen LogP contribution in [0.4, 0.5) is 5.82 Å². The van der Waals surface area contributed by atoms with E-state index in [1.807, 2.05) is 13.0 Å². The zero-order valence-electron chi connectivity index (χ0n) is 9.57. The summed E-state index contributed by atoms with van der Waals surface area (Å²) >= 11 is 0. The molecule has 1 heterocycles. The summed E-state index contributed by atoms with van der Waals surface area (Å²) < 4.78 is 0. The van der Waals surface area contributed by atoms with Crippen LogP contribution < -0.4 is 10.6 Å². The second-order valence-electron chi connectivity index (χ2n) is 3.63. The SMILES string of the molecule is CC(=O)NC(C)C(=O)Nc1ccc(C)cn1. The quantitative estimate of drug-likeness (QED) is 0.795. The number of rotatable bonds is 3. The van der Waals surface area contributed by atoms with E-state index in [1.165, 1.54) is 6.92 Å². The molecule has 1 aromatic heterocycles. The van der Waals surface area contributed by atoms with E-state index in [2.05, 4.69) is 15.6 Å². The first kappa shape index (κ1) is 12.2. The molecule has 5 nitrogen and oxygen atoms in total. The van der Waals surface area contributed by atoms with Crippen LogP contribution in [0.2, 0.25) is 0 Å². The zero-order valence-corrected chi connectivity index (χ0v) is 9.57. The number of nitrogens with one attached hydrogen (secondary N) is 2. The molecule has 5 heteroatoms. The van der Waals surface area contributed by atoms with Gasteiger partial charge >= 0.3 is 0 Å². The highest BCUT2D eigenvalue weighted by Crippen LogP contribution is 2.04. The van der Waals surface area contributed by atoms with E-state index in [0.717, 1.165) is 5.56 Å². The van der Waals surface area contributed by atoms with Gasteiger partial charge in [-0.25, -0.2) is 4.98 Å². The van der Waals surface area contributed by atoms with Gasteiger partial charge in [-0.2, -0.15) is 0 Å². The number of carbonyl (C=O) groups is 2. The normalized spacial score (nSPS) is 11.7. The number of anilines is 1. The van der Waals surface area contributed by atoms with Gasteiger partial charge in [0.25, 0.3) is 0 Å². The molecule has 1 unspecified atom stereocenters. The molecule has 0 bridgehead atoms. The summed E-state index contributed by atoms with van der Waals surface area (Å²) in [6, 6.07) is 3.00. The van der Waals surface area contributed by atoms with Gasteiger partial charge in [0.1, 0.15) is 11.9 Å². The Labute approximate surface area is 94.3 Å². The first-order chi connectivity index (χ1) is 7.49. The summed E-state index contributed by atoms with van der Waals surface area (Å²) in [6.45, 7) is 4.90. The van der Waals surface area contributed by atoms with Crippen LogP contribution in [0.5, 0.6) is 0 Å². The molecule has 0 saturated carbocycles. The van der Waals surface area contributed by atoms with Gasteiger partial charge in [-0.05, 0) is 25.5 Å². The Bertz CT molecular complexity index is 387. The lowest BCUT2D eigenvalue weighted by atomic mass is 10.3. The molecule has 2 N–H and O–H groups in total. The average Bonchev–Trinajstić information content (AvgIpc) is 2.20. The average molecular weight is 221 g/mol. The van der Waals surface area contributed by atoms with Gasteiger partial charge in [-0.15, -0.1) is 0 Å². The highest BCUT2D eigenvalue weighted by molar-refractivity contribution is 5.95. The van der Waals surface area contributed by atoms with Crippen molar-refractivity contribution in [2.24, 2.45) is 0 Å². The Balaban J connectivity index is 2.57. The summed E-state index contributed by atoms with van der Waals surface area (Å²) in [4.78, 5) is 26.4. The number of hydrogen-bond acceptors (Lipinski definition) is 3. The van der Waals surface area contributed by atoms with Crippen LogP contribution in [0.25, 0.3) is 0 Å². The third-order valence-electron chi connectivity index (χ3n) is 1.98. The van der Waals surface area contributed by atoms with Crippen molar-refractivity contribution in [2.45, 2.75) is 26.8 Å². The Morgan fingerprint density at radius 1 is 1.38 bits per heavy atom. The van der Waals surface area contributed by atoms with Crippen molar-refractivity contribution in [3.05, 3.63) is 23.9 Å². The number of nitrogens with zero attached hydrogens (tertiary/aromatic N) is 1. The molecule has 86 valence electrons. The first-order valence-corrected chi connectivity index (χ1v) is 4.99. The predicted molar refractivity (Wildman–Crippen MR) is 60.9 cm³/mol. The third kappa shape index (κ3) is 3.68. The van der Waals surface area contributed by atoms with E-state index >= 15 is 0 Å². The van der Waals surface area contributed by atoms with E-state index in [9.17, 15) is 9.59 Å². The lowest BCUT2D eigenvalue weighted by Crippen LogP contribution is -2.40. The van der Waals surface area contributed by atoms with Crippen molar-refractivity contribution < 1.29 is 9.59 Å². The molecule has 1 rings (SSSR count). The van der Waals surface area contributed by atoms with Crippen LogP contribution in [0.15, 0.2) is 18.3 Å². The monoisotopic (exact) mass is 221 g/mol. The van der Waals surface area contributed by atoms with Gasteiger partial charge in [0, 0.05) is 13.1 Å². The van der Waals surface area contributed by atoms with Gasteiger partial charge in [0.2, 0.25) is 11.8 Å². The van der Waals surface area contributed by atoms with Crippen LogP contribution in [-0.4, -0.2) is 22.8 Å². The first-order valence-electron chi connectivity index (χ1n) is 4.99. The summed E-state index contributed by atoms with van der Waals surface area (Å²) in [7, 11) is 0. The van der Waals surface area contributed by atoms with E-state index in [0.29, 0.717) is 5.82 Å². The van der Waals surface area contributed by atoms with Gasteiger partial charge in [-0.3, -0.25) is 9.59 Å². The largest absolute Gasteiger partial charge is 0.345 e. The molecular formula is C11H15N3O2. The standard InChI is InChI=1S/C11H15N3O2/c1-7-4-5-10(12-6-7)14-11(16)8(2)13-9(3)15/h4-6,8H,1-3H3,(H,13,15)(H,12,14,16). The molecule has 0 aliphatic heterocycles. The Hall–Kier alpha value is -1.91. The Morgan fingerprint density at radius 3 is 2.56 bits per heavy atom. The van der Waals surface area contributed by atoms with Crippen LogP contribution in [0.1, 0.15) is 19.4 Å². The molecule has 0 saturated heterocycles. The fourth-order valence-electron chi connectivity index (χ4n) is 1.15. The summed E-state index contributed by atoms with van der Waals surface area (Å²) in [5, 5.41) is 5.10. The number of carbonyl (C=O) groups excluding carboxylic acids is 2. The highest BCUT2D eigenvalue weighted by atomic mass is 16.2. The lowest BCUT2D eigenvalue weighted by molar-refractivity contribution is -0.124. The van der Waals surface area contributed by atoms with Gasteiger partial charge < -0.3 is 10.6 Å². The second-order valence-corrected chi connectivity index (χ2v) is 3.63. The Morgan fingerprint density at radius 2 is 2.06 bits per heavy atom. The lowest BCUT2D eigenvalue weighted by Gasteiger charge is -2.12. The molecular weight excluding hydrogens is 206 g/mol. The molecule has 0 radical (unpaired) electrons. The molecule has 0 aromatic carbocycles. The third-order valence-corrected chi connectivity index (χ3v) is 1.98. The molecule has 0 spiro atoms. The van der Waals surface area contributed by atoms with Gasteiger partial charge in [0.15, 0.2) is 0 Å².